The van der Waals surface area contributed by atoms with Crippen LogP contribution in [-0.2, 0) is 13.0 Å². The number of pyridine rings is 1. The van der Waals surface area contributed by atoms with Crippen molar-refractivity contribution in [1.82, 2.24) is 30.1 Å². The number of rotatable bonds is 9. The minimum absolute atomic E-state index is 0.0296. The Bertz CT molecular complexity index is 1320. The number of hydrogen-bond donors (Lipinski definition) is 1. The SMILES string of the molecule is CC[C@H](c1nnnn1C1CCCC1)N(CCc1ccccc1)Cc1cc2ccc(C)cc2[nH]c1=O. The van der Waals surface area contributed by atoms with Gasteiger partial charge in [0.25, 0.3) is 5.56 Å². The molecule has 1 saturated carbocycles. The summed E-state index contributed by atoms with van der Waals surface area (Å²) in [6.07, 6.45) is 6.47. The summed E-state index contributed by atoms with van der Waals surface area (Å²) in [4.78, 5) is 18.6. The summed E-state index contributed by atoms with van der Waals surface area (Å²) in [6.45, 7) is 5.58. The van der Waals surface area contributed by atoms with Gasteiger partial charge in [0.2, 0.25) is 0 Å². The number of benzene rings is 2. The standard InChI is InChI=1S/C28H34N6O/c1-3-26(27-30-31-32-34(27)24-11-7-8-12-24)33(16-15-21-9-5-4-6-10-21)19-23-18-22-14-13-20(2)17-25(22)29-28(23)35/h4-6,9-10,13-14,17-18,24,26H,3,7-8,11-12,15-16,19H2,1-2H3,(H,29,35)/t26-/m1/s1. The molecule has 1 fully saturated rings. The largest absolute Gasteiger partial charge is 0.322 e. The van der Waals surface area contributed by atoms with Crippen LogP contribution in [0.3, 0.4) is 0 Å². The van der Waals surface area contributed by atoms with E-state index >= 15 is 0 Å². The van der Waals surface area contributed by atoms with Crippen molar-refractivity contribution in [3.63, 3.8) is 0 Å². The summed E-state index contributed by atoms with van der Waals surface area (Å²) in [5, 5.41) is 14.0. The van der Waals surface area contributed by atoms with E-state index in [4.69, 9.17) is 0 Å². The summed E-state index contributed by atoms with van der Waals surface area (Å²) in [7, 11) is 0. The van der Waals surface area contributed by atoms with E-state index < -0.39 is 0 Å². The quantitative estimate of drug-likeness (QED) is 0.367. The fraction of sp³-hybridized carbons (Fsp3) is 0.429. The average molecular weight is 471 g/mol. The lowest BCUT2D eigenvalue weighted by Gasteiger charge is -2.31. The molecule has 0 aliphatic heterocycles. The first kappa shape index (κ1) is 23.4. The Morgan fingerprint density at radius 3 is 2.69 bits per heavy atom. The highest BCUT2D eigenvalue weighted by Crippen LogP contribution is 2.33. The molecule has 5 rings (SSSR count). The van der Waals surface area contributed by atoms with Crippen molar-refractivity contribution in [2.24, 2.45) is 0 Å². The molecule has 1 atom stereocenters. The highest BCUT2D eigenvalue weighted by molar-refractivity contribution is 5.79. The van der Waals surface area contributed by atoms with Gasteiger partial charge in [-0.3, -0.25) is 9.69 Å². The van der Waals surface area contributed by atoms with E-state index in [1.54, 1.807) is 0 Å². The summed E-state index contributed by atoms with van der Waals surface area (Å²) in [5.74, 6) is 0.917. The van der Waals surface area contributed by atoms with Crippen LogP contribution in [0.2, 0.25) is 0 Å². The summed E-state index contributed by atoms with van der Waals surface area (Å²) >= 11 is 0. The number of tetrazole rings is 1. The van der Waals surface area contributed by atoms with Crippen LogP contribution in [-0.4, -0.2) is 36.6 Å². The van der Waals surface area contributed by atoms with Gasteiger partial charge in [0.1, 0.15) is 0 Å². The lowest BCUT2D eigenvalue weighted by Crippen LogP contribution is -2.34. The van der Waals surface area contributed by atoms with Crippen LogP contribution in [0.1, 0.15) is 73.6 Å². The zero-order valence-electron chi connectivity index (χ0n) is 20.7. The average Bonchev–Trinajstić information content (AvgIpc) is 3.56. The Hall–Kier alpha value is -3.32. The number of aromatic nitrogens is 5. The molecule has 0 radical (unpaired) electrons. The van der Waals surface area contributed by atoms with Crippen molar-refractivity contribution in [2.45, 2.75) is 71.0 Å². The topological polar surface area (TPSA) is 79.7 Å². The number of nitrogens with zero attached hydrogens (tertiary/aromatic N) is 5. The molecule has 0 amide bonds. The van der Waals surface area contributed by atoms with Gasteiger partial charge < -0.3 is 4.98 Å². The predicted molar refractivity (Wildman–Crippen MR) is 138 cm³/mol. The van der Waals surface area contributed by atoms with Crippen molar-refractivity contribution < 1.29 is 0 Å². The molecule has 0 unspecified atom stereocenters. The smallest absolute Gasteiger partial charge is 0.252 e. The third-order valence-electron chi connectivity index (χ3n) is 7.30. The highest BCUT2D eigenvalue weighted by atomic mass is 16.1. The number of aryl methyl sites for hydroxylation is 1. The van der Waals surface area contributed by atoms with Crippen LogP contribution in [0.25, 0.3) is 10.9 Å². The van der Waals surface area contributed by atoms with Crippen molar-refractivity contribution in [3.05, 3.63) is 87.5 Å². The molecule has 35 heavy (non-hydrogen) atoms. The first-order chi connectivity index (χ1) is 17.1. The normalized spacial score (nSPS) is 15.3. The first-order valence-electron chi connectivity index (χ1n) is 12.8. The Labute approximate surface area is 206 Å². The zero-order valence-corrected chi connectivity index (χ0v) is 20.7. The van der Waals surface area contributed by atoms with E-state index in [2.05, 4.69) is 73.4 Å². The summed E-state index contributed by atoms with van der Waals surface area (Å²) in [6, 6.07) is 19.1. The van der Waals surface area contributed by atoms with Crippen LogP contribution in [0.5, 0.6) is 0 Å². The van der Waals surface area contributed by atoms with Crippen molar-refractivity contribution >= 4 is 10.9 Å². The van der Waals surface area contributed by atoms with Crippen LogP contribution < -0.4 is 5.56 Å². The Balaban J connectivity index is 1.48. The maximum Gasteiger partial charge on any atom is 0.252 e. The van der Waals surface area contributed by atoms with Crippen LogP contribution in [0, 0.1) is 6.92 Å². The van der Waals surface area contributed by atoms with E-state index in [1.165, 1.54) is 18.4 Å². The molecule has 0 bridgehead atoms. The predicted octanol–water partition coefficient (Wildman–Crippen LogP) is 5.13. The minimum Gasteiger partial charge on any atom is -0.322 e. The van der Waals surface area contributed by atoms with Gasteiger partial charge in [0.15, 0.2) is 5.82 Å². The van der Waals surface area contributed by atoms with Gasteiger partial charge in [-0.15, -0.1) is 5.10 Å². The van der Waals surface area contributed by atoms with Gasteiger partial charge in [0.05, 0.1) is 12.1 Å². The van der Waals surface area contributed by atoms with E-state index in [0.29, 0.717) is 12.6 Å². The third-order valence-corrected chi connectivity index (χ3v) is 7.30. The van der Waals surface area contributed by atoms with Gasteiger partial charge in [-0.25, -0.2) is 4.68 Å². The number of H-pyrrole nitrogens is 1. The molecule has 4 aromatic rings. The Morgan fingerprint density at radius 1 is 1.11 bits per heavy atom. The lowest BCUT2D eigenvalue weighted by atomic mass is 10.1. The second-order valence-electron chi connectivity index (χ2n) is 9.76. The molecular weight excluding hydrogens is 436 g/mol. The molecule has 7 heteroatoms. The fourth-order valence-corrected chi connectivity index (χ4v) is 5.39. The van der Waals surface area contributed by atoms with E-state index in [9.17, 15) is 4.79 Å². The maximum atomic E-state index is 13.1. The van der Waals surface area contributed by atoms with E-state index in [0.717, 1.165) is 60.1 Å². The Kier molecular flexibility index (Phi) is 7.04. The number of fused-ring (bicyclic) bond motifs is 1. The molecule has 1 aliphatic carbocycles. The monoisotopic (exact) mass is 470 g/mol. The van der Waals surface area contributed by atoms with Crippen molar-refractivity contribution in [2.75, 3.05) is 6.54 Å². The Morgan fingerprint density at radius 2 is 1.91 bits per heavy atom. The van der Waals surface area contributed by atoms with Gasteiger partial charge in [0, 0.05) is 24.2 Å². The second kappa shape index (κ2) is 10.5. The van der Waals surface area contributed by atoms with Gasteiger partial charge in [-0.1, -0.05) is 62.2 Å². The molecule has 2 heterocycles. The molecule has 1 N–H and O–H groups in total. The molecule has 0 spiro atoms. The van der Waals surface area contributed by atoms with Gasteiger partial charge >= 0.3 is 0 Å². The number of hydrogen-bond acceptors (Lipinski definition) is 5. The summed E-state index contributed by atoms with van der Waals surface area (Å²) in [5.41, 5.74) is 4.04. The van der Waals surface area contributed by atoms with Gasteiger partial charge in [-0.05, 0) is 71.7 Å². The van der Waals surface area contributed by atoms with Crippen LogP contribution in [0.15, 0.2) is 59.4 Å². The molecule has 182 valence electrons. The highest BCUT2D eigenvalue weighted by Gasteiger charge is 2.29. The number of nitrogens with one attached hydrogen (secondary N) is 1. The first-order valence-corrected chi connectivity index (χ1v) is 12.8. The fourth-order valence-electron chi connectivity index (χ4n) is 5.39. The van der Waals surface area contributed by atoms with Crippen molar-refractivity contribution in [1.29, 1.82) is 0 Å². The van der Waals surface area contributed by atoms with Gasteiger partial charge in [-0.2, -0.15) is 0 Å². The van der Waals surface area contributed by atoms with Crippen LogP contribution in [0.4, 0.5) is 0 Å². The molecule has 0 saturated heterocycles. The van der Waals surface area contributed by atoms with E-state index in [1.807, 2.05) is 25.1 Å². The minimum atomic E-state index is -0.0296. The molecule has 7 nitrogen and oxygen atoms in total. The molecule has 2 aromatic carbocycles. The number of aromatic amines is 1. The molecule has 2 aromatic heterocycles. The second-order valence-corrected chi connectivity index (χ2v) is 9.76. The van der Waals surface area contributed by atoms with Crippen LogP contribution >= 0.6 is 0 Å². The molecular formula is C28H34N6O. The van der Waals surface area contributed by atoms with Crippen molar-refractivity contribution in [3.8, 4) is 0 Å². The lowest BCUT2D eigenvalue weighted by molar-refractivity contribution is 0.169. The summed E-state index contributed by atoms with van der Waals surface area (Å²) < 4.78 is 2.06. The van der Waals surface area contributed by atoms with E-state index in [-0.39, 0.29) is 11.6 Å². The zero-order chi connectivity index (χ0) is 24.2. The maximum absolute atomic E-state index is 13.1. The molecule has 1 aliphatic rings. The third kappa shape index (κ3) is 5.20.